The number of pyridine rings is 1. The Kier molecular flexibility index (Phi) is 7.12. The number of aromatic nitrogens is 1. The van der Waals surface area contributed by atoms with Crippen LogP contribution in [0.15, 0.2) is 18.3 Å². The highest BCUT2D eigenvalue weighted by molar-refractivity contribution is 5.73. The average molecular weight is 361 g/mol. The number of nitrogens with one attached hydrogen (secondary N) is 1. The summed E-state index contributed by atoms with van der Waals surface area (Å²) in [4.78, 5) is 21.0. The molecule has 1 unspecified atom stereocenters. The molecule has 3 rings (SSSR count). The molecule has 2 aliphatic rings. The fourth-order valence-electron chi connectivity index (χ4n) is 3.66. The predicted octanol–water partition coefficient (Wildman–Crippen LogP) is 3.17. The van der Waals surface area contributed by atoms with E-state index >= 15 is 0 Å². The molecule has 0 aromatic carbocycles. The summed E-state index contributed by atoms with van der Waals surface area (Å²) in [5.74, 6) is 1.05. The van der Waals surface area contributed by atoms with E-state index in [1.807, 2.05) is 13.2 Å². The van der Waals surface area contributed by atoms with E-state index < -0.39 is 0 Å². The number of likely N-dealkylation sites (N-methyl/N-ethyl adjacent to an activating group) is 1. The molecule has 6 heteroatoms. The fourth-order valence-corrected chi connectivity index (χ4v) is 3.66. The second-order valence-corrected chi connectivity index (χ2v) is 7.45. The molecule has 26 heavy (non-hydrogen) atoms. The highest BCUT2D eigenvalue weighted by Gasteiger charge is 2.18. The molecule has 0 bridgehead atoms. The summed E-state index contributed by atoms with van der Waals surface area (Å²) < 4.78 is 5.70. The zero-order valence-corrected chi connectivity index (χ0v) is 16.0. The molecule has 0 spiro atoms. The van der Waals surface area contributed by atoms with Gasteiger partial charge in [0.2, 0.25) is 0 Å². The summed E-state index contributed by atoms with van der Waals surface area (Å²) in [6.45, 7) is 4.16. The minimum absolute atomic E-state index is 0.0595. The SMILES string of the molecule is CN(CC1CCCCO1)C(=O)NCc1ccc(N2CCCCCC2)nc1. The van der Waals surface area contributed by atoms with Crippen LogP contribution in [-0.2, 0) is 11.3 Å². The fraction of sp³-hybridized carbons (Fsp3) is 0.700. The lowest BCUT2D eigenvalue weighted by Crippen LogP contribution is -2.42. The number of carbonyl (C=O) groups is 1. The van der Waals surface area contributed by atoms with Gasteiger partial charge in [0.05, 0.1) is 6.10 Å². The second kappa shape index (κ2) is 9.76. The Balaban J connectivity index is 1.44. The van der Waals surface area contributed by atoms with Gasteiger partial charge in [-0.25, -0.2) is 9.78 Å². The van der Waals surface area contributed by atoms with Crippen LogP contribution in [0.2, 0.25) is 0 Å². The minimum atomic E-state index is -0.0595. The normalized spacial score (nSPS) is 21.1. The molecular weight excluding hydrogens is 328 g/mol. The average Bonchev–Trinajstić information content (AvgIpc) is 2.97. The van der Waals surface area contributed by atoms with Crippen LogP contribution in [0.4, 0.5) is 10.6 Å². The molecule has 0 saturated carbocycles. The molecule has 0 aliphatic carbocycles. The van der Waals surface area contributed by atoms with E-state index in [4.69, 9.17) is 4.74 Å². The van der Waals surface area contributed by atoms with E-state index in [1.54, 1.807) is 4.90 Å². The van der Waals surface area contributed by atoms with Crippen LogP contribution in [0.3, 0.4) is 0 Å². The monoisotopic (exact) mass is 360 g/mol. The zero-order valence-electron chi connectivity index (χ0n) is 16.0. The maximum atomic E-state index is 12.3. The Bertz CT molecular complexity index is 549. The van der Waals surface area contributed by atoms with Gasteiger partial charge in [0.25, 0.3) is 0 Å². The third-order valence-electron chi connectivity index (χ3n) is 5.28. The molecule has 144 valence electrons. The minimum Gasteiger partial charge on any atom is -0.376 e. The van der Waals surface area contributed by atoms with Gasteiger partial charge in [0.1, 0.15) is 5.82 Å². The first-order valence-corrected chi connectivity index (χ1v) is 10.0. The van der Waals surface area contributed by atoms with Crippen molar-refractivity contribution in [2.45, 2.75) is 57.6 Å². The summed E-state index contributed by atoms with van der Waals surface area (Å²) in [6.07, 6.45) is 10.5. The van der Waals surface area contributed by atoms with Crippen molar-refractivity contribution in [2.75, 3.05) is 38.2 Å². The number of amides is 2. The van der Waals surface area contributed by atoms with Crippen LogP contribution in [0, 0.1) is 0 Å². The zero-order chi connectivity index (χ0) is 18.2. The van der Waals surface area contributed by atoms with Crippen molar-refractivity contribution in [3.8, 4) is 0 Å². The van der Waals surface area contributed by atoms with E-state index in [1.165, 1.54) is 32.1 Å². The molecular formula is C20H32N4O2. The van der Waals surface area contributed by atoms with E-state index in [0.717, 1.165) is 43.9 Å². The van der Waals surface area contributed by atoms with Crippen molar-refractivity contribution in [1.82, 2.24) is 15.2 Å². The molecule has 2 aliphatic heterocycles. The molecule has 6 nitrogen and oxygen atoms in total. The van der Waals surface area contributed by atoms with Gasteiger partial charge in [-0.2, -0.15) is 0 Å². The standard InChI is InChI=1S/C20H32N4O2/c1-23(16-18-8-4-7-13-26-18)20(25)22-15-17-9-10-19(21-14-17)24-11-5-2-3-6-12-24/h9-10,14,18H,2-8,11-13,15-16H2,1H3,(H,22,25). The Hall–Kier alpha value is -1.82. The number of rotatable bonds is 5. The molecule has 1 aromatic rings. The Labute approximate surface area is 156 Å². The summed E-state index contributed by atoms with van der Waals surface area (Å²) in [5, 5.41) is 2.98. The first-order chi connectivity index (χ1) is 12.7. The smallest absolute Gasteiger partial charge is 0.317 e. The van der Waals surface area contributed by atoms with E-state index in [-0.39, 0.29) is 12.1 Å². The quantitative estimate of drug-likeness (QED) is 0.876. The maximum Gasteiger partial charge on any atom is 0.317 e. The molecule has 3 heterocycles. The summed E-state index contributed by atoms with van der Waals surface area (Å²) in [5.41, 5.74) is 1.03. The Morgan fingerprint density at radius 1 is 1.23 bits per heavy atom. The molecule has 2 amide bonds. The summed E-state index contributed by atoms with van der Waals surface area (Å²) >= 11 is 0. The van der Waals surface area contributed by atoms with Gasteiger partial charge in [0, 0.05) is 46.0 Å². The van der Waals surface area contributed by atoms with Crippen molar-refractivity contribution < 1.29 is 9.53 Å². The third kappa shape index (κ3) is 5.59. The number of carbonyl (C=O) groups excluding carboxylic acids is 1. The van der Waals surface area contributed by atoms with E-state index in [9.17, 15) is 4.79 Å². The lowest BCUT2D eigenvalue weighted by molar-refractivity contribution is 0.00385. The van der Waals surface area contributed by atoms with Crippen LogP contribution in [0.1, 0.15) is 50.5 Å². The molecule has 1 atom stereocenters. The lowest BCUT2D eigenvalue weighted by atomic mass is 10.1. The van der Waals surface area contributed by atoms with Crippen molar-refractivity contribution >= 4 is 11.8 Å². The molecule has 1 N–H and O–H groups in total. The van der Waals surface area contributed by atoms with Gasteiger partial charge in [-0.1, -0.05) is 18.9 Å². The van der Waals surface area contributed by atoms with Gasteiger partial charge >= 0.3 is 6.03 Å². The third-order valence-corrected chi connectivity index (χ3v) is 5.28. The highest BCUT2D eigenvalue weighted by atomic mass is 16.5. The molecule has 2 fully saturated rings. The van der Waals surface area contributed by atoms with Gasteiger partial charge in [-0.05, 0) is 43.7 Å². The topological polar surface area (TPSA) is 57.7 Å². The number of urea groups is 1. The van der Waals surface area contributed by atoms with Gasteiger partial charge in [-0.15, -0.1) is 0 Å². The van der Waals surface area contributed by atoms with Crippen molar-refractivity contribution in [3.05, 3.63) is 23.9 Å². The largest absolute Gasteiger partial charge is 0.376 e. The number of ether oxygens (including phenoxy) is 1. The number of hydrogen-bond donors (Lipinski definition) is 1. The van der Waals surface area contributed by atoms with Crippen LogP contribution in [0.5, 0.6) is 0 Å². The first kappa shape index (κ1) is 19.0. The van der Waals surface area contributed by atoms with Crippen LogP contribution in [0.25, 0.3) is 0 Å². The number of nitrogens with zero attached hydrogens (tertiary/aromatic N) is 3. The summed E-state index contributed by atoms with van der Waals surface area (Å²) in [7, 11) is 1.83. The summed E-state index contributed by atoms with van der Waals surface area (Å²) in [6, 6.07) is 4.08. The first-order valence-electron chi connectivity index (χ1n) is 10.0. The number of hydrogen-bond acceptors (Lipinski definition) is 4. The van der Waals surface area contributed by atoms with Gasteiger partial charge in [0.15, 0.2) is 0 Å². The van der Waals surface area contributed by atoms with Crippen LogP contribution in [-0.4, -0.2) is 55.3 Å². The predicted molar refractivity (Wildman–Crippen MR) is 103 cm³/mol. The molecule has 2 saturated heterocycles. The lowest BCUT2D eigenvalue weighted by Gasteiger charge is -2.27. The molecule has 1 aromatic heterocycles. The Morgan fingerprint density at radius 2 is 2.04 bits per heavy atom. The number of anilines is 1. The van der Waals surface area contributed by atoms with Crippen LogP contribution < -0.4 is 10.2 Å². The van der Waals surface area contributed by atoms with Gasteiger partial charge in [-0.3, -0.25) is 0 Å². The Morgan fingerprint density at radius 3 is 2.69 bits per heavy atom. The van der Waals surface area contributed by atoms with Crippen molar-refractivity contribution in [3.63, 3.8) is 0 Å². The van der Waals surface area contributed by atoms with Crippen molar-refractivity contribution in [1.29, 1.82) is 0 Å². The van der Waals surface area contributed by atoms with Crippen LogP contribution >= 0.6 is 0 Å². The second-order valence-electron chi connectivity index (χ2n) is 7.45. The van der Waals surface area contributed by atoms with Gasteiger partial charge < -0.3 is 19.9 Å². The highest BCUT2D eigenvalue weighted by Crippen LogP contribution is 2.17. The maximum absolute atomic E-state index is 12.3. The van der Waals surface area contributed by atoms with E-state index in [2.05, 4.69) is 27.3 Å². The van der Waals surface area contributed by atoms with Crippen molar-refractivity contribution in [2.24, 2.45) is 0 Å². The molecule has 0 radical (unpaired) electrons. The van der Waals surface area contributed by atoms with E-state index in [0.29, 0.717) is 13.1 Å².